The Hall–Kier alpha value is -1.98. The maximum atomic E-state index is 12.1. The summed E-state index contributed by atoms with van der Waals surface area (Å²) in [6.45, 7) is 1.82. The Balaban J connectivity index is 1.70. The first kappa shape index (κ1) is 21.3. The van der Waals surface area contributed by atoms with E-state index in [4.69, 9.17) is 16.3 Å². The molecule has 0 bridgehead atoms. The number of hydrogen-bond acceptors (Lipinski definition) is 4. The van der Waals surface area contributed by atoms with Crippen LogP contribution in [0.15, 0.2) is 59.5 Å². The van der Waals surface area contributed by atoms with Crippen LogP contribution >= 0.6 is 23.4 Å². The van der Waals surface area contributed by atoms with Crippen molar-refractivity contribution in [1.29, 1.82) is 0 Å². The van der Waals surface area contributed by atoms with Crippen molar-refractivity contribution < 1.29 is 14.3 Å². The molecule has 0 aliphatic heterocycles. The van der Waals surface area contributed by atoms with Gasteiger partial charge < -0.3 is 10.1 Å². The van der Waals surface area contributed by atoms with Gasteiger partial charge in [-0.15, -0.1) is 11.8 Å². The SMILES string of the molecule is CCC[C@@H](NC(=O)COC(=O)CCSc1ccc(Cl)cc1)c1ccccc1. The number of carbonyl (C=O) groups is 2. The van der Waals surface area contributed by atoms with Crippen molar-refractivity contribution in [2.75, 3.05) is 12.4 Å². The summed E-state index contributed by atoms with van der Waals surface area (Å²) in [5.41, 5.74) is 1.05. The molecule has 0 aromatic heterocycles. The van der Waals surface area contributed by atoms with Crippen molar-refractivity contribution in [2.45, 2.75) is 37.1 Å². The lowest BCUT2D eigenvalue weighted by Gasteiger charge is -2.18. The molecule has 1 N–H and O–H groups in total. The molecule has 0 heterocycles. The molecule has 0 radical (unpaired) electrons. The molecular weight excluding hydrogens is 382 g/mol. The lowest BCUT2D eigenvalue weighted by molar-refractivity contribution is -0.148. The van der Waals surface area contributed by atoms with Crippen molar-refractivity contribution in [3.8, 4) is 0 Å². The molecule has 0 fully saturated rings. The Bertz CT molecular complexity index is 722. The minimum absolute atomic E-state index is 0.0668. The Morgan fingerprint density at radius 1 is 1.11 bits per heavy atom. The molecule has 2 aromatic rings. The fourth-order valence-corrected chi connectivity index (χ4v) is 3.49. The third-order valence-corrected chi connectivity index (χ3v) is 5.13. The summed E-state index contributed by atoms with van der Waals surface area (Å²) >= 11 is 7.39. The summed E-state index contributed by atoms with van der Waals surface area (Å²) in [6.07, 6.45) is 2.03. The normalized spacial score (nSPS) is 11.6. The number of rotatable bonds is 10. The Morgan fingerprint density at radius 3 is 2.48 bits per heavy atom. The van der Waals surface area contributed by atoms with Crippen LogP contribution in [0.3, 0.4) is 0 Å². The third kappa shape index (κ3) is 8.06. The lowest BCUT2D eigenvalue weighted by atomic mass is 10.0. The van der Waals surface area contributed by atoms with E-state index in [0.717, 1.165) is 23.3 Å². The van der Waals surface area contributed by atoms with E-state index in [9.17, 15) is 9.59 Å². The molecule has 0 saturated carbocycles. The van der Waals surface area contributed by atoms with Gasteiger partial charge in [0.15, 0.2) is 6.61 Å². The van der Waals surface area contributed by atoms with Gasteiger partial charge in [0.1, 0.15) is 0 Å². The quantitative estimate of drug-likeness (QED) is 0.445. The average Bonchev–Trinajstić information content (AvgIpc) is 2.68. The van der Waals surface area contributed by atoms with E-state index in [-0.39, 0.29) is 30.9 Å². The number of amides is 1. The van der Waals surface area contributed by atoms with E-state index < -0.39 is 0 Å². The predicted octanol–water partition coefficient (Wildman–Crippen LogP) is 5.02. The molecule has 0 unspecified atom stereocenters. The number of esters is 1. The van der Waals surface area contributed by atoms with Crippen LogP contribution in [0.25, 0.3) is 0 Å². The van der Waals surface area contributed by atoms with Gasteiger partial charge in [-0.1, -0.05) is 55.3 Å². The van der Waals surface area contributed by atoms with Crippen LogP contribution in [0.4, 0.5) is 0 Å². The molecule has 0 spiro atoms. The van der Waals surface area contributed by atoms with Gasteiger partial charge in [0.05, 0.1) is 12.5 Å². The maximum absolute atomic E-state index is 12.1. The highest BCUT2D eigenvalue weighted by atomic mass is 35.5. The number of hydrogen-bond donors (Lipinski definition) is 1. The molecule has 0 aliphatic rings. The summed E-state index contributed by atoms with van der Waals surface area (Å²) in [6, 6.07) is 17.2. The molecule has 0 aliphatic carbocycles. The fraction of sp³-hybridized carbons (Fsp3) is 0.333. The van der Waals surface area contributed by atoms with Gasteiger partial charge in [-0.2, -0.15) is 0 Å². The maximum Gasteiger partial charge on any atom is 0.307 e. The van der Waals surface area contributed by atoms with E-state index >= 15 is 0 Å². The summed E-state index contributed by atoms with van der Waals surface area (Å²) < 4.78 is 5.09. The molecule has 27 heavy (non-hydrogen) atoms. The van der Waals surface area contributed by atoms with Crippen molar-refractivity contribution >= 4 is 35.2 Å². The van der Waals surface area contributed by atoms with Crippen LogP contribution in [0.1, 0.15) is 37.8 Å². The first-order chi connectivity index (χ1) is 13.1. The predicted molar refractivity (Wildman–Crippen MR) is 110 cm³/mol. The number of thioether (sulfide) groups is 1. The summed E-state index contributed by atoms with van der Waals surface area (Å²) in [5, 5.41) is 3.63. The molecule has 0 saturated heterocycles. The van der Waals surface area contributed by atoms with E-state index in [1.165, 1.54) is 0 Å². The van der Waals surface area contributed by atoms with Gasteiger partial charge in [0, 0.05) is 15.7 Å². The number of nitrogens with one attached hydrogen (secondary N) is 1. The zero-order valence-corrected chi connectivity index (χ0v) is 16.9. The second-order valence-corrected chi connectivity index (χ2v) is 7.64. The van der Waals surface area contributed by atoms with Gasteiger partial charge in [-0.05, 0) is 36.2 Å². The lowest BCUT2D eigenvalue weighted by Crippen LogP contribution is -2.32. The highest BCUT2D eigenvalue weighted by Gasteiger charge is 2.15. The molecule has 1 atom stereocenters. The van der Waals surface area contributed by atoms with Crippen molar-refractivity contribution in [3.05, 3.63) is 65.2 Å². The third-order valence-electron chi connectivity index (χ3n) is 3.87. The molecule has 6 heteroatoms. The van der Waals surface area contributed by atoms with Crippen LogP contribution in [0.2, 0.25) is 5.02 Å². The first-order valence-corrected chi connectivity index (χ1v) is 10.3. The van der Waals surface area contributed by atoms with E-state index in [2.05, 4.69) is 12.2 Å². The summed E-state index contributed by atoms with van der Waals surface area (Å²) in [5.74, 6) is -0.0701. The summed E-state index contributed by atoms with van der Waals surface area (Å²) in [4.78, 5) is 25.0. The van der Waals surface area contributed by atoms with E-state index in [0.29, 0.717) is 10.8 Å². The average molecular weight is 406 g/mol. The molecular formula is C21H24ClNO3S. The van der Waals surface area contributed by atoms with Gasteiger partial charge >= 0.3 is 5.97 Å². The highest BCUT2D eigenvalue weighted by molar-refractivity contribution is 7.99. The number of benzene rings is 2. The molecule has 144 valence electrons. The van der Waals surface area contributed by atoms with Crippen molar-refractivity contribution in [3.63, 3.8) is 0 Å². The van der Waals surface area contributed by atoms with Gasteiger partial charge in [0.25, 0.3) is 5.91 Å². The van der Waals surface area contributed by atoms with Crippen molar-refractivity contribution in [2.24, 2.45) is 0 Å². The van der Waals surface area contributed by atoms with Crippen LogP contribution in [0.5, 0.6) is 0 Å². The number of halogens is 1. The molecule has 4 nitrogen and oxygen atoms in total. The van der Waals surface area contributed by atoms with Gasteiger partial charge in [0.2, 0.25) is 0 Å². The number of carbonyl (C=O) groups excluding carboxylic acids is 2. The molecule has 2 rings (SSSR count). The summed E-state index contributed by atoms with van der Waals surface area (Å²) in [7, 11) is 0. The van der Waals surface area contributed by atoms with Crippen LogP contribution in [-0.2, 0) is 14.3 Å². The smallest absolute Gasteiger partial charge is 0.307 e. The standard InChI is InChI=1S/C21H24ClNO3S/c1-2-6-19(16-7-4-3-5-8-16)23-20(24)15-26-21(25)13-14-27-18-11-9-17(22)10-12-18/h3-5,7-12,19H,2,6,13-15H2,1H3,(H,23,24)/t19-/m1/s1. The molecule has 2 aromatic carbocycles. The minimum Gasteiger partial charge on any atom is -0.456 e. The minimum atomic E-state index is -0.377. The number of ether oxygens (including phenoxy) is 1. The Morgan fingerprint density at radius 2 is 1.81 bits per heavy atom. The second-order valence-electron chi connectivity index (χ2n) is 6.03. The van der Waals surface area contributed by atoms with Crippen LogP contribution in [-0.4, -0.2) is 24.2 Å². The van der Waals surface area contributed by atoms with Gasteiger partial charge in [-0.3, -0.25) is 9.59 Å². The molecule has 1 amide bonds. The van der Waals surface area contributed by atoms with Crippen LogP contribution < -0.4 is 5.32 Å². The van der Waals surface area contributed by atoms with E-state index in [1.807, 2.05) is 54.6 Å². The highest BCUT2D eigenvalue weighted by Crippen LogP contribution is 2.21. The Kier molecular flexibility index (Phi) is 9.22. The fourth-order valence-electron chi connectivity index (χ4n) is 2.53. The first-order valence-electron chi connectivity index (χ1n) is 8.96. The van der Waals surface area contributed by atoms with Crippen LogP contribution in [0, 0.1) is 0 Å². The zero-order chi connectivity index (χ0) is 19.5. The van der Waals surface area contributed by atoms with Gasteiger partial charge in [-0.25, -0.2) is 0 Å². The van der Waals surface area contributed by atoms with Crippen molar-refractivity contribution in [1.82, 2.24) is 5.32 Å². The largest absolute Gasteiger partial charge is 0.456 e. The Labute approximate surface area is 169 Å². The second kappa shape index (κ2) is 11.7. The topological polar surface area (TPSA) is 55.4 Å². The zero-order valence-electron chi connectivity index (χ0n) is 15.3. The monoisotopic (exact) mass is 405 g/mol. The van der Waals surface area contributed by atoms with E-state index in [1.54, 1.807) is 11.8 Å².